The Morgan fingerprint density at radius 1 is 1.13 bits per heavy atom. The molecule has 4 nitrogen and oxygen atoms in total. The van der Waals surface area contributed by atoms with Crippen LogP contribution in [0.2, 0.25) is 0 Å². The van der Waals surface area contributed by atoms with Crippen LogP contribution in [0.3, 0.4) is 0 Å². The smallest absolute Gasteiger partial charge is 0.248 e. The van der Waals surface area contributed by atoms with E-state index in [0.29, 0.717) is 11.5 Å². The van der Waals surface area contributed by atoms with Gasteiger partial charge >= 0.3 is 0 Å². The number of carbonyl (C=O) groups is 1. The van der Waals surface area contributed by atoms with E-state index in [2.05, 4.69) is 5.32 Å². The Hall–Kier alpha value is -2.40. The third-order valence-corrected chi connectivity index (χ3v) is 3.92. The van der Waals surface area contributed by atoms with E-state index in [-0.39, 0.29) is 5.91 Å². The van der Waals surface area contributed by atoms with Gasteiger partial charge in [0.15, 0.2) is 0 Å². The molecule has 2 rings (SSSR count). The quantitative estimate of drug-likeness (QED) is 0.641. The lowest BCUT2D eigenvalue weighted by Crippen LogP contribution is -2.07. The van der Waals surface area contributed by atoms with Crippen molar-refractivity contribution in [3.63, 3.8) is 0 Å². The zero-order valence-corrected chi connectivity index (χ0v) is 14.1. The van der Waals surface area contributed by atoms with Crippen LogP contribution in [-0.2, 0) is 4.79 Å². The Labute approximate surface area is 140 Å². The fourth-order valence-corrected chi connectivity index (χ4v) is 2.47. The van der Waals surface area contributed by atoms with E-state index >= 15 is 0 Å². The van der Waals surface area contributed by atoms with Crippen molar-refractivity contribution in [1.29, 1.82) is 0 Å². The third-order valence-electron chi connectivity index (χ3n) is 3.19. The van der Waals surface area contributed by atoms with E-state index in [4.69, 9.17) is 9.47 Å². The molecule has 0 aromatic heterocycles. The first kappa shape index (κ1) is 17.0. The van der Waals surface area contributed by atoms with Crippen LogP contribution in [0.15, 0.2) is 53.4 Å². The van der Waals surface area contributed by atoms with Gasteiger partial charge in [-0.15, -0.1) is 11.8 Å². The summed E-state index contributed by atoms with van der Waals surface area (Å²) >= 11 is 1.63. The molecule has 0 spiro atoms. The Bertz CT molecular complexity index is 713. The predicted octanol–water partition coefficient (Wildman–Crippen LogP) is 4.08. The van der Waals surface area contributed by atoms with Crippen LogP contribution in [0.1, 0.15) is 5.56 Å². The van der Waals surface area contributed by atoms with Crippen molar-refractivity contribution in [2.45, 2.75) is 4.90 Å². The second kappa shape index (κ2) is 8.29. The molecular formula is C18H19NO3S. The SMILES string of the molecule is COc1ccc(/C=C/C(=O)Nc2cccc(SC)c2)c(OC)c1. The summed E-state index contributed by atoms with van der Waals surface area (Å²) in [5.74, 6) is 1.16. The highest BCUT2D eigenvalue weighted by molar-refractivity contribution is 7.98. The standard InChI is InChI=1S/C18H19NO3S/c1-21-15-9-7-13(17(12-15)22-2)8-10-18(20)19-14-5-4-6-16(11-14)23-3/h4-12H,1-3H3,(H,19,20)/b10-8+. The lowest BCUT2D eigenvalue weighted by atomic mass is 10.1. The predicted molar refractivity (Wildman–Crippen MR) is 95.4 cm³/mol. The number of carbonyl (C=O) groups excluding carboxylic acids is 1. The maximum atomic E-state index is 12.0. The van der Waals surface area contributed by atoms with Crippen molar-refractivity contribution >= 4 is 29.4 Å². The first-order chi connectivity index (χ1) is 11.2. The van der Waals surface area contributed by atoms with E-state index < -0.39 is 0 Å². The first-order valence-corrected chi connectivity index (χ1v) is 8.24. The summed E-state index contributed by atoms with van der Waals surface area (Å²) in [7, 11) is 3.18. The molecule has 120 valence electrons. The highest BCUT2D eigenvalue weighted by Crippen LogP contribution is 2.25. The summed E-state index contributed by atoms with van der Waals surface area (Å²) < 4.78 is 10.5. The number of hydrogen-bond donors (Lipinski definition) is 1. The number of thioether (sulfide) groups is 1. The minimum absolute atomic E-state index is 0.193. The number of hydrogen-bond acceptors (Lipinski definition) is 4. The van der Waals surface area contributed by atoms with Crippen LogP contribution >= 0.6 is 11.8 Å². The van der Waals surface area contributed by atoms with Gasteiger partial charge in [0.25, 0.3) is 0 Å². The maximum Gasteiger partial charge on any atom is 0.248 e. The largest absolute Gasteiger partial charge is 0.497 e. The molecule has 1 amide bonds. The van der Waals surface area contributed by atoms with Crippen molar-refractivity contribution < 1.29 is 14.3 Å². The van der Waals surface area contributed by atoms with E-state index in [1.165, 1.54) is 6.08 Å². The molecule has 2 aromatic rings. The average Bonchev–Trinajstić information content (AvgIpc) is 2.59. The monoisotopic (exact) mass is 329 g/mol. The molecule has 0 fully saturated rings. The third kappa shape index (κ3) is 4.79. The van der Waals surface area contributed by atoms with Gasteiger partial charge in [-0.2, -0.15) is 0 Å². The molecule has 0 saturated heterocycles. The average molecular weight is 329 g/mol. The summed E-state index contributed by atoms with van der Waals surface area (Å²) in [4.78, 5) is 13.1. The number of nitrogens with one attached hydrogen (secondary N) is 1. The highest BCUT2D eigenvalue weighted by atomic mass is 32.2. The van der Waals surface area contributed by atoms with Crippen molar-refractivity contribution in [2.24, 2.45) is 0 Å². The zero-order chi connectivity index (χ0) is 16.7. The minimum Gasteiger partial charge on any atom is -0.497 e. The lowest BCUT2D eigenvalue weighted by molar-refractivity contribution is -0.111. The van der Waals surface area contributed by atoms with Crippen LogP contribution in [0, 0.1) is 0 Å². The number of benzene rings is 2. The Morgan fingerprint density at radius 3 is 2.65 bits per heavy atom. The van der Waals surface area contributed by atoms with Crippen LogP contribution in [0.25, 0.3) is 6.08 Å². The van der Waals surface area contributed by atoms with Gasteiger partial charge in [-0.25, -0.2) is 0 Å². The van der Waals surface area contributed by atoms with Crippen LogP contribution in [0.4, 0.5) is 5.69 Å². The molecule has 0 aliphatic heterocycles. The van der Waals surface area contributed by atoms with Crippen molar-refractivity contribution in [3.8, 4) is 11.5 Å². The van der Waals surface area contributed by atoms with Crippen LogP contribution in [0.5, 0.6) is 11.5 Å². The summed E-state index contributed by atoms with van der Waals surface area (Å²) in [5, 5.41) is 2.84. The molecule has 0 unspecified atom stereocenters. The number of amides is 1. The molecule has 0 aliphatic carbocycles. The molecule has 2 aromatic carbocycles. The molecule has 0 aliphatic rings. The van der Waals surface area contributed by atoms with E-state index in [9.17, 15) is 4.79 Å². The van der Waals surface area contributed by atoms with Crippen molar-refractivity contribution in [1.82, 2.24) is 0 Å². The summed E-state index contributed by atoms with van der Waals surface area (Å²) in [5.41, 5.74) is 1.58. The topological polar surface area (TPSA) is 47.6 Å². The maximum absolute atomic E-state index is 12.0. The van der Waals surface area contributed by atoms with Crippen LogP contribution < -0.4 is 14.8 Å². The normalized spacial score (nSPS) is 10.6. The Balaban J connectivity index is 2.08. The summed E-state index contributed by atoms with van der Waals surface area (Å²) in [6, 6.07) is 13.1. The molecule has 23 heavy (non-hydrogen) atoms. The number of methoxy groups -OCH3 is 2. The molecule has 0 saturated carbocycles. The highest BCUT2D eigenvalue weighted by Gasteiger charge is 2.04. The van der Waals surface area contributed by atoms with E-state index in [1.807, 2.05) is 42.7 Å². The molecule has 0 bridgehead atoms. The van der Waals surface area contributed by atoms with Gasteiger partial charge in [-0.1, -0.05) is 6.07 Å². The van der Waals surface area contributed by atoms with Crippen molar-refractivity contribution in [3.05, 3.63) is 54.1 Å². The fraction of sp³-hybridized carbons (Fsp3) is 0.167. The number of rotatable bonds is 6. The second-order valence-electron chi connectivity index (χ2n) is 4.66. The number of anilines is 1. The van der Waals surface area contributed by atoms with Gasteiger partial charge in [0.2, 0.25) is 5.91 Å². The van der Waals surface area contributed by atoms with Gasteiger partial charge in [0.05, 0.1) is 14.2 Å². The van der Waals surface area contributed by atoms with E-state index in [0.717, 1.165) is 16.1 Å². The summed E-state index contributed by atoms with van der Waals surface area (Å²) in [6.45, 7) is 0. The Morgan fingerprint density at radius 2 is 1.96 bits per heavy atom. The zero-order valence-electron chi connectivity index (χ0n) is 13.3. The van der Waals surface area contributed by atoms with Gasteiger partial charge < -0.3 is 14.8 Å². The molecule has 0 radical (unpaired) electrons. The first-order valence-electron chi connectivity index (χ1n) is 7.01. The van der Waals surface area contributed by atoms with Gasteiger partial charge in [-0.05, 0) is 42.7 Å². The molecule has 5 heteroatoms. The van der Waals surface area contributed by atoms with Crippen molar-refractivity contribution in [2.75, 3.05) is 25.8 Å². The van der Waals surface area contributed by atoms with Gasteiger partial charge in [0, 0.05) is 28.3 Å². The molecule has 0 heterocycles. The van der Waals surface area contributed by atoms with Gasteiger partial charge in [0.1, 0.15) is 11.5 Å². The molecule has 1 N–H and O–H groups in total. The molecule has 0 atom stereocenters. The fourth-order valence-electron chi connectivity index (χ4n) is 2.01. The Kier molecular flexibility index (Phi) is 6.11. The van der Waals surface area contributed by atoms with Gasteiger partial charge in [-0.3, -0.25) is 4.79 Å². The number of ether oxygens (including phenoxy) is 2. The second-order valence-corrected chi connectivity index (χ2v) is 5.54. The summed E-state index contributed by atoms with van der Waals surface area (Å²) in [6.07, 6.45) is 5.19. The lowest BCUT2D eigenvalue weighted by Gasteiger charge is -2.07. The van der Waals surface area contributed by atoms with Crippen LogP contribution in [-0.4, -0.2) is 26.4 Å². The van der Waals surface area contributed by atoms with E-state index in [1.54, 1.807) is 38.1 Å². The molecular weight excluding hydrogens is 310 g/mol. The minimum atomic E-state index is -0.193.